The van der Waals surface area contributed by atoms with Gasteiger partial charge in [0.1, 0.15) is 5.75 Å². The van der Waals surface area contributed by atoms with Crippen LogP contribution in [0.3, 0.4) is 0 Å². The molecule has 0 aliphatic rings. The van der Waals surface area contributed by atoms with E-state index in [1.165, 1.54) is 0 Å². The molecule has 1 aromatic carbocycles. The molecule has 0 aliphatic heterocycles. The third-order valence-electron chi connectivity index (χ3n) is 1.88. The van der Waals surface area contributed by atoms with Crippen LogP contribution in [-0.4, -0.2) is 37.1 Å². The Hall–Kier alpha value is -1.88. The molecule has 5 heteroatoms. The van der Waals surface area contributed by atoms with E-state index < -0.39 is 5.97 Å². The Morgan fingerprint density at radius 1 is 1.31 bits per heavy atom. The fourth-order valence-electron chi connectivity index (χ4n) is 1.14. The number of carboxylic acids is 1. The summed E-state index contributed by atoms with van der Waals surface area (Å²) < 4.78 is 4.94. The molecule has 86 valence electrons. The number of hydrogen-bond acceptors (Lipinski definition) is 4. The second kappa shape index (κ2) is 5.87. The minimum Gasteiger partial charge on any atom is -0.482 e. The highest BCUT2D eigenvalue weighted by Crippen LogP contribution is 2.12. The fraction of sp³-hybridized carbons (Fsp3) is 0.273. The molecule has 0 aliphatic carbocycles. The SMILES string of the molecule is CNCC(=O)c1ccc(OCC(=O)O)cc1. The van der Waals surface area contributed by atoms with Crippen molar-refractivity contribution in [3.05, 3.63) is 29.8 Å². The van der Waals surface area contributed by atoms with Crippen molar-refractivity contribution in [1.29, 1.82) is 0 Å². The summed E-state index contributed by atoms with van der Waals surface area (Å²) in [5, 5.41) is 11.2. The Kier molecular flexibility index (Phi) is 4.47. The number of rotatable bonds is 6. The van der Waals surface area contributed by atoms with Crippen LogP contribution in [0.4, 0.5) is 0 Å². The molecule has 1 aromatic rings. The molecule has 0 atom stereocenters. The van der Waals surface area contributed by atoms with Crippen LogP contribution >= 0.6 is 0 Å². The molecule has 2 N–H and O–H groups in total. The third-order valence-corrected chi connectivity index (χ3v) is 1.88. The van der Waals surface area contributed by atoms with E-state index >= 15 is 0 Å². The molecular weight excluding hydrogens is 210 g/mol. The molecule has 16 heavy (non-hydrogen) atoms. The minimum atomic E-state index is -1.03. The zero-order valence-corrected chi connectivity index (χ0v) is 8.90. The maximum Gasteiger partial charge on any atom is 0.341 e. The Labute approximate surface area is 93.0 Å². The second-order valence-corrected chi connectivity index (χ2v) is 3.16. The number of ketones is 1. The molecule has 0 saturated heterocycles. The summed E-state index contributed by atoms with van der Waals surface area (Å²) in [6, 6.07) is 6.37. The van der Waals surface area contributed by atoms with Crippen molar-refractivity contribution >= 4 is 11.8 Å². The Balaban J connectivity index is 2.60. The molecule has 0 saturated carbocycles. The molecule has 0 bridgehead atoms. The van der Waals surface area contributed by atoms with Gasteiger partial charge in [-0.3, -0.25) is 4.79 Å². The lowest BCUT2D eigenvalue weighted by atomic mass is 10.1. The Bertz CT molecular complexity index is 372. The number of Topliss-reactive ketones (excluding diaryl/α,β-unsaturated/α-hetero) is 1. The van der Waals surface area contributed by atoms with Crippen molar-refractivity contribution in [2.75, 3.05) is 20.2 Å². The summed E-state index contributed by atoms with van der Waals surface area (Å²) in [6.45, 7) is -0.112. The smallest absolute Gasteiger partial charge is 0.341 e. The van der Waals surface area contributed by atoms with E-state index in [4.69, 9.17) is 9.84 Å². The van der Waals surface area contributed by atoms with Gasteiger partial charge in [-0.2, -0.15) is 0 Å². The van der Waals surface area contributed by atoms with Gasteiger partial charge < -0.3 is 15.2 Å². The van der Waals surface area contributed by atoms with Crippen LogP contribution in [0.5, 0.6) is 5.75 Å². The van der Waals surface area contributed by atoms with Gasteiger partial charge in [0.2, 0.25) is 0 Å². The largest absolute Gasteiger partial charge is 0.482 e. The summed E-state index contributed by atoms with van der Waals surface area (Å²) >= 11 is 0. The van der Waals surface area contributed by atoms with Crippen molar-refractivity contribution in [2.24, 2.45) is 0 Å². The highest BCUT2D eigenvalue weighted by atomic mass is 16.5. The van der Waals surface area contributed by atoms with Gasteiger partial charge in [0, 0.05) is 5.56 Å². The summed E-state index contributed by atoms with van der Waals surface area (Å²) in [5.41, 5.74) is 0.567. The standard InChI is InChI=1S/C11H13NO4/c1-12-6-10(13)8-2-4-9(5-3-8)16-7-11(14)15/h2-5,12H,6-7H2,1H3,(H,14,15). The molecular formula is C11H13NO4. The van der Waals surface area contributed by atoms with Gasteiger partial charge >= 0.3 is 5.97 Å². The van der Waals surface area contributed by atoms with E-state index in [2.05, 4.69) is 5.32 Å². The molecule has 5 nitrogen and oxygen atoms in total. The first-order chi connectivity index (χ1) is 7.63. The summed E-state index contributed by atoms with van der Waals surface area (Å²) in [7, 11) is 1.70. The third kappa shape index (κ3) is 3.70. The van der Waals surface area contributed by atoms with Crippen molar-refractivity contribution in [3.63, 3.8) is 0 Å². The highest BCUT2D eigenvalue weighted by molar-refractivity contribution is 5.97. The minimum absolute atomic E-state index is 0.0210. The van der Waals surface area contributed by atoms with Gasteiger partial charge in [-0.05, 0) is 31.3 Å². The Morgan fingerprint density at radius 3 is 2.44 bits per heavy atom. The van der Waals surface area contributed by atoms with Crippen LogP contribution < -0.4 is 10.1 Å². The number of aliphatic carboxylic acids is 1. The van der Waals surface area contributed by atoms with Crippen LogP contribution in [-0.2, 0) is 4.79 Å². The van der Waals surface area contributed by atoms with E-state index in [1.54, 1.807) is 31.3 Å². The predicted octanol–water partition coefficient (Wildman–Crippen LogP) is 0.552. The predicted molar refractivity (Wildman–Crippen MR) is 57.8 cm³/mol. The van der Waals surface area contributed by atoms with Crippen LogP contribution in [0.2, 0.25) is 0 Å². The number of nitrogens with one attached hydrogen (secondary N) is 1. The lowest BCUT2D eigenvalue weighted by Crippen LogP contribution is -2.18. The molecule has 0 amide bonds. The van der Waals surface area contributed by atoms with Crippen LogP contribution in [0.1, 0.15) is 10.4 Å². The van der Waals surface area contributed by atoms with Gasteiger partial charge in [0.15, 0.2) is 12.4 Å². The highest BCUT2D eigenvalue weighted by Gasteiger charge is 2.04. The molecule has 1 rings (SSSR count). The van der Waals surface area contributed by atoms with Gasteiger partial charge in [0.05, 0.1) is 6.54 Å². The first kappa shape index (κ1) is 12.2. The van der Waals surface area contributed by atoms with Crippen molar-refractivity contribution < 1.29 is 19.4 Å². The van der Waals surface area contributed by atoms with E-state index in [-0.39, 0.29) is 18.9 Å². The summed E-state index contributed by atoms with van der Waals surface area (Å²) in [5.74, 6) is -0.619. The number of benzene rings is 1. The van der Waals surface area contributed by atoms with Crippen LogP contribution in [0, 0.1) is 0 Å². The average molecular weight is 223 g/mol. The van der Waals surface area contributed by atoms with E-state index in [0.29, 0.717) is 11.3 Å². The first-order valence-electron chi connectivity index (χ1n) is 4.76. The molecule has 0 spiro atoms. The molecule has 0 radical (unpaired) electrons. The van der Waals surface area contributed by atoms with Crippen LogP contribution in [0.15, 0.2) is 24.3 Å². The van der Waals surface area contributed by atoms with E-state index in [0.717, 1.165) is 0 Å². The van der Waals surface area contributed by atoms with Crippen molar-refractivity contribution in [2.45, 2.75) is 0 Å². The van der Waals surface area contributed by atoms with E-state index in [1.807, 2.05) is 0 Å². The molecule has 0 heterocycles. The van der Waals surface area contributed by atoms with Crippen LogP contribution in [0.25, 0.3) is 0 Å². The normalized spacial score (nSPS) is 9.81. The van der Waals surface area contributed by atoms with Gasteiger partial charge in [0.25, 0.3) is 0 Å². The van der Waals surface area contributed by atoms with Crippen molar-refractivity contribution in [3.8, 4) is 5.75 Å². The van der Waals surface area contributed by atoms with Gasteiger partial charge in [-0.15, -0.1) is 0 Å². The monoisotopic (exact) mass is 223 g/mol. The number of likely N-dealkylation sites (N-methyl/N-ethyl adjacent to an activating group) is 1. The zero-order valence-electron chi connectivity index (χ0n) is 8.90. The second-order valence-electron chi connectivity index (χ2n) is 3.16. The molecule has 0 aromatic heterocycles. The lowest BCUT2D eigenvalue weighted by molar-refractivity contribution is -0.139. The summed E-state index contributed by atoms with van der Waals surface area (Å²) in [4.78, 5) is 21.7. The zero-order chi connectivity index (χ0) is 12.0. The molecule has 0 fully saturated rings. The van der Waals surface area contributed by atoms with Crippen molar-refractivity contribution in [1.82, 2.24) is 5.32 Å². The topological polar surface area (TPSA) is 75.6 Å². The molecule has 0 unspecified atom stereocenters. The number of carboxylic acid groups (broad SMARTS) is 1. The number of hydrogen-bond donors (Lipinski definition) is 2. The van der Waals surface area contributed by atoms with E-state index in [9.17, 15) is 9.59 Å². The summed E-state index contributed by atoms with van der Waals surface area (Å²) in [6.07, 6.45) is 0. The number of carbonyl (C=O) groups excluding carboxylic acids is 1. The Morgan fingerprint density at radius 2 is 1.94 bits per heavy atom. The average Bonchev–Trinajstić information content (AvgIpc) is 2.27. The lowest BCUT2D eigenvalue weighted by Gasteiger charge is -2.04. The first-order valence-corrected chi connectivity index (χ1v) is 4.76. The number of ether oxygens (including phenoxy) is 1. The number of carbonyl (C=O) groups is 2. The maximum absolute atomic E-state index is 11.4. The fourth-order valence-corrected chi connectivity index (χ4v) is 1.14. The quantitative estimate of drug-likeness (QED) is 0.689. The van der Waals surface area contributed by atoms with Gasteiger partial charge in [-0.1, -0.05) is 0 Å². The maximum atomic E-state index is 11.4. The van der Waals surface area contributed by atoms with Gasteiger partial charge in [-0.25, -0.2) is 4.79 Å².